The Hall–Kier alpha value is -3.28. The van der Waals surface area contributed by atoms with E-state index in [1.54, 1.807) is 6.07 Å². The van der Waals surface area contributed by atoms with Crippen LogP contribution in [0.15, 0.2) is 36.4 Å². The van der Waals surface area contributed by atoms with Gasteiger partial charge in [0, 0.05) is 42.1 Å². The van der Waals surface area contributed by atoms with Crippen molar-refractivity contribution < 1.29 is 4.79 Å². The number of carbonyl (C=O) groups is 1. The fourth-order valence-corrected chi connectivity index (χ4v) is 5.55. The van der Waals surface area contributed by atoms with Crippen molar-refractivity contribution in [3.8, 4) is 27.8 Å². The maximum absolute atomic E-state index is 13.1. The van der Waals surface area contributed by atoms with Crippen molar-refractivity contribution in [2.75, 3.05) is 18.4 Å². The fourth-order valence-electron chi connectivity index (χ4n) is 4.59. The van der Waals surface area contributed by atoms with E-state index < -0.39 is 0 Å². The van der Waals surface area contributed by atoms with E-state index in [4.69, 9.17) is 4.98 Å². The Morgan fingerprint density at radius 3 is 2.66 bits per heavy atom. The average molecular weight is 445 g/mol. The molecule has 5 heterocycles. The third kappa shape index (κ3) is 3.97. The number of piperazine rings is 1. The van der Waals surface area contributed by atoms with Gasteiger partial charge in [-0.05, 0) is 56.5 Å². The van der Waals surface area contributed by atoms with E-state index in [0.717, 1.165) is 59.0 Å². The molecular formula is C24H24N6OS. The number of aromatic nitrogens is 2. The monoisotopic (exact) mass is 444 g/mol. The largest absolute Gasteiger partial charge is 0.323 e. The van der Waals surface area contributed by atoms with Gasteiger partial charge in [-0.25, -0.2) is 9.78 Å². The zero-order chi connectivity index (χ0) is 22.2. The van der Waals surface area contributed by atoms with Crippen molar-refractivity contribution >= 4 is 22.5 Å². The number of carbonyl (C=O) groups excluding carboxylic acids is 1. The van der Waals surface area contributed by atoms with Gasteiger partial charge in [-0.2, -0.15) is 5.26 Å². The molecule has 2 bridgehead atoms. The summed E-state index contributed by atoms with van der Waals surface area (Å²) in [6.45, 7) is 5.52. The number of hydrogen-bond donors (Lipinski definition) is 2. The van der Waals surface area contributed by atoms with Gasteiger partial charge >= 0.3 is 6.03 Å². The summed E-state index contributed by atoms with van der Waals surface area (Å²) in [6, 6.07) is 14.2. The normalized spacial score (nSPS) is 19.6. The summed E-state index contributed by atoms with van der Waals surface area (Å²) in [4.78, 5) is 25.2. The first-order valence-electron chi connectivity index (χ1n) is 10.8. The number of rotatable bonds is 3. The highest BCUT2D eigenvalue weighted by atomic mass is 32.1. The van der Waals surface area contributed by atoms with Gasteiger partial charge in [0.05, 0.1) is 22.2 Å². The number of fused-ring (bicyclic) bond motifs is 3. The summed E-state index contributed by atoms with van der Waals surface area (Å²) in [5, 5.41) is 16.4. The maximum atomic E-state index is 13.1. The van der Waals surface area contributed by atoms with Crippen LogP contribution in [0.3, 0.4) is 0 Å². The second-order valence-corrected chi connectivity index (χ2v) is 9.45. The van der Waals surface area contributed by atoms with E-state index in [1.165, 1.54) is 11.3 Å². The third-order valence-electron chi connectivity index (χ3n) is 6.06. The number of anilines is 1. The number of benzene rings is 1. The van der Waals surface area contributed by atoms with Crippen LogP contribution in [0.25, 0.3) is 21.7 Å². The zero-order valence-electron chi connectivity index (χ0n) is 18.1. The Bertz CT molecular complexity index is 1200. The van der Waals surface area contributed by atoms with Gasteiger partial charge in [0.2, 0.25) is 0 Å². The number of pyridine rings is 1. The maximum Gasteiger partial charge on any atom is 0.323 e. The molecule has 6 rings (SSSR count). The van der Waals surface area contributed by atoms with Gasteiger partial charge in [0.15, 0.2) is 5.13 Å². The highest BCUT2D eigenvalue weighted by molar-refractivity contribution is 7.19. The van der Waals surface area contributed by atoms with Gasteiger partial charge in [-0.15, -0.1) is 0 Å². The molecule has 7 nitrogen and oxygen atoms in total. The van der Waals surface area contributed by atoms with Crippen molar-refractivity contribution in [3.05, 3.63) is 53.3 Å². The molecular weight excluding hydrogens is 420 g/mol. The SMILES string of the molecule is Cc1cc(-c2sc(NC(=O)N3CC4CCC3CN4)nc2-c2cccc(C#N)c2)cc(C)n1. The first kappa shape index (κ1) is 20.6. The smallest absolute Gasteiger partial charge is 0.319 e. The molecule has 0 radical (unpaired) electrons. The lowest BCUT2D eigenvalue weighted by Gasteiger charge is -2.45. The molecule has 2 atom stereocenters. The Morgan fingerprint density at radius 2 is 2.00 bits per heavy atom. The summed E-state index contributed by atoms with van der Waals surface area (Å²) in [5.41, 5.74) is 5.04. The molecule has 2 amide bonds. The average Bonchev–Trinajstić information content (AvgIpc) is 3.23. The number of nitrogens with zero attached hydrogens (tertiary/aromatic N) is 4. The molecule has 3 aliphatic rings. The lowest BCUT2D eigenvalue weighted by Crippen LogP contribution is -2.63. The predicted molar refractivity (Wildman–Crippen MR) is 126 cm³/mol. The number of urea groups is 1. The summed E-state index contributed by atoms with van der Waals surface area (Å²) in [7, 11) is 0. The minimum absolute atomic E-state index is 0.0964. The standard InChI is InChI=1S/C24H24N6OS/c1-14-8-18(9-15(2)27-14)22-21(17-5-3-4-16(10-17)11-25)28-23(32-22)29-24(31)30-13-19-6-7-20(30)12-26-19/h3-5,8-10,19-20,26H,6-7,12-13H2,1-2H3,(H,28,29,31). The van der Waals surface area contributed by atoms with Gasteiger partial charge in [0.1, 0.15) is 0 Å². The quantitative estimate of drug-likeness (QED) is 0.627. The van der Waals surface area contributed by atoms with Crippen LogP contribution in [0.1, 0.15) is 29.8 Å². The Labute approximate surface area is 191 Å². The number of hydrogen-bond acceptors (Lipinski definition) is 6. The molecule has 8 heteroatoms. The molecule has 0 aliphatic carbocycles. The number of aryl methyl sites for hydroxylation is 2. The molecule has 2 unspecified atom stereocenters. The Morgan fingerprint density at radius 1 is 1.19 bits per heavy atom. The van der Waals surface area contributed by atoms with Crippen LogP contribution in [-0.2, 0) is 0 Å². The molecule has 32 heavy (non-hydrogen) atoms. The van der Waals surface area contributed by atoms with Crippen molar-refractivity contribution in [2.45, 2.75) is 38.8 Å². The van der Waals surface area contributed by atoms with Crippen LogP contribution in [0, 0.1) is 25.2 Å². The fraction of sp³-hybridized carbons (Fsp3) is 0.333. The van der Waals surface area contributed by atoms with Crippen LogP contribution in [-0.4, -0.2) is 46.1 Å². The van der Waals surface area contributed by atoms with E-state index in [9.17, 15) is 10.1 Å². The second kappa shape index (κ2) is 8.34. The Balaban J connectivity index is 1.52. The van der Waals surface area contributed by atoms with E-state index in [2.05, 4.69) is 21.7 Å². The number of nitriles is 1. The zero-order valence-corrected chi connectivity index (χ0v) is 18.9. The van der Waals surface area contributed by atoms with Gasteiger partial charge < -0.3 is 10.2 Å². The molecule has 0 spiro atoms. The van der Waals surface area contributed by atoms with Crippen LogP contribution < -0.4 is 10.6 Å². The van der Waals surface area contributed by atoms with Crippen LogP contribution in [0.4, 0.5) is 9.93 Å². The Kier molecular flexibility index (Phi) is 5.37. The lowest BCUT2D eigenvalue weighted by molar-refractivity contribution is 0.106. The molecule has 1 aromatic carbocycles. The first-order chi connectivity index (χ1) is 15.5. The van der Waals surface area contributed by atoms with Crippen LogP contribution in [0.5, 0.6) is 0 Å². The molecule has 3 fully saturated rings. The molecule has 3 aromatic rings. The van der Waals surface area contributed by atoms with E-state index in [-0.39, 0.29) is 12.1 Å². The van der Waals surface area contributed by atoms with E-state index >= 15 is 0 Å². The molecule has 162 valence electrons. The molecule has 3 saturated heterocycles. The van der Waals surface area contributed by atoms with Gasteiger partial charge in [-0.3, -0.25) is 10.3 Å². The number of thiazole rings is 1. The predicted octanol–water partition coefficient (Wildman–Crippen LogP) is 4.33. The topological polar surface area (TPSA) is 93.9 Å². The van der Waals surface area contributed by atoms with Crippen molar-refractivity contribution in [1.82, 2.24) is 20.2 Å². The summed E-state index contributed by atoms with van der Waals surface area (Å²) < 4.78 is 0. The van der Waals surface area contributed by atoms with E-state index in [1.807, 2.05) is 49.1 Å². The first-order valence-corrected chi connectivity index (χ1v) is 11.6. The molecule has 2 N–H and O–H groups in total. The van der Waals surface area contributed by atoms with Gasteiger partial charge in [-0.1, -0.05) is 23.5 Å². The number of nitrogens with one attached hydrogen (secondary N) is 2. The lowest BCUT2D eigenvalue weighted by atomic mass is 9.93. The number of piperidine rings is 2. The molecule has 2 aromatic heterocycles. The van der Waals surface area contributed by atoms with Gasteiger partial charge in [0.25, 0.3) is 0 Å². The summed E-state index contributed by atoms with van der Waals surface area (Å²) >= 11 is 1.45. The second-order valence-electron chi connectivity index (χ2n) is 8.45. The highest BCUT2D eigenvalue weighted by Crippen LogP contribution is 2.40. The highest BCUT2D eigenvalue weighted by Gasteiger charge is 2.36. The summed E-state index contributed by atoms with van der Waals surface area (Å²) in [5.74, 6) is 0. The number of amides is 2. The van der Waals surface area contributed by atoms with Crippen LogP contribution >= 0.6 is 11.3 Å². The third-order valence-corrected chi connectivity index (χ3v) is 7.08. The summed E-state index contributed by atoms with van der Waals surface area (Å²) in [6.07, 6.45) is 2.16. The molecule has 3 aliphatic heterocycles. The van der Waals surface area contributed by atoms with Crippen molar-refractivity contribution in [1.29, 1.82) is 5.26 Å². The minimum atomic E-state index is -0.0964. The van der Waals surface area contributed by atoms with Crippen LogP contribution in [0.2, 0.25) is 0 Å². The van der Waals surface area contributed by atoms with Crippen molar-refractivity contribution in [3.63, 3.8) is 0 Å². The molecule has 0 saturated carbocycles. The minimum Gasteiger partial charge on any atom is -0.319 e. The van der Waals surface area contributed by atoms with Crippen molar-refractivity contribution in [2.24, 2.45) is 0 Å². The van der Waals surface area contributed by atoms with E-state index in [0.29, 0.717) is 16.7 Å².